The van der Waals surface area contributed by atoms with Crippen molar-refractivity contribution in [3.63, 3.8) is 0 Å². The molecule has 2 N–H and O–H groups in total. The first kappa shape index (κ1) is 11.0. The Labute approximate surface area is 81.7 Å². The number of hydrogen-bond acceptors (Lipinski definition) is 4. The van der Waals surface area contributed by atoms with Crippen molar-refractivity contribution in [3.8, 4) is 0 Å². The van der Waals surface area contributed by atoms with Crippen molar-refractivity contribution in [2.45, 2.75) is 32.3 Å². The van der Waals surface area contributed by atoms with Gasteiger partial charge in [0.2, 0.25) is 0 Å². The lowest BCUT2D eigenvalue weighted by molar-refractivity contribution is -0.163. The van der Waals surface area contributed by atoms with Crippen molar-refractivity contribution in [1.82, 2.24) is 0 Å². The highest BCUT2D eigenvalue weighted by molar-refractivity contribution is 5.81. The van der Waals surface area contributed by atoms with Crippen molar-refractivity contribution in [2.75, 3.05) is 6.61 Å². The molecular formula is C9H14O5. The zero-order valence-electron chi connectivity index (χ0n) is 8.24. The minimum atomic E-state index is -1.56. The normalized spacial score (nSPS) is 30.9. The van der Waals surface area contributed by atoms with Gasteiger partial charge in [-0.05, 0) is 13.8 Å². The van der Waals surface area contributed by atoms with E-state index in [9.17, 15) is 14.7 Å². The Bertz CT molecular complexity index is 270. The third-order valence-corrected chi connectivity index (χ3v) is 2.97. The van der Waals surface area contributed by atoms with E-state index in [4.69, 9.17) is 9.84 Å². The van der Waals surface area contributed by atoms with Crippen LogP contribution in [0.5, 0.6) is 0 Å². The number of carbonyl (C=O) groups is 2. The van der Waals surface area contributed by atoms with Crippen LogP contribution in [0.2, 0.25) is 0 Å². The standard InChI is InChI=1S/C9H14O5/c1-8(3-4-14-7(8)12)9(2,13)5-6(10)11/h13H,3-5H2,1-2H3,(H,10,11). The van der Waals surface area contributed by atoms with Crippen LogP contribution in [0, 0.1) is 5.41 Å². The molecule has 1 heterocycles. The molecule has 5 heteroatoms. The van der Waals surface area contributed by atoms with Gasteiger partial charge in [0.25, 0.3) is 0 Å². The van der Waals surface area contributed by atoms with E-state index >= 15 is 0 Å². The molecular weight excluding hydrogens is 188 g/mol. The number of cyclic esters (lactones) is 1. The van der Waals surface area contributed by atoms with Crippen LogP contribution in [0.15, 0.2) is 0 Å². The number of hydrogen-bond donors (Lipinski definition) is 2. The number of esters is 1. The second-order valence-electron chi connectivity index (χ2n) is 4.06. The summed E-state index contributed by atoms with van der Waals surface area (Å²) >= 11 is 0. The number of carbonyl (C=O) groups excluding carboxylic acids is 1. The van der Waals surface area contributed by atoms with Crippen LogP contribution < -0.4 is 0 Å². The number of ether oxygens (including phenoxy) is 1. The van der Waals surface area contributed by atoms with Crippen LogP contribution in [0.25, 0.3) is 0 Å². The zero-order valence-corrected chi connectivity index (χ0v) is 8.24. The predicted molar refractivity (Wildman–Crippen MR) is 46.6 cm³/mol. The molecule has 1 aliphatic heterocycles. The van der Waals surface area contributed by atoms with Gasteiger partial charge in [-0.1, -0.05) is 0 Å². The monoisotopic (exact) mass is 202 g/mol. The van der Waals surface area contributed by atoms with Crippen LogP contribution in [0.1, 0.15) is 26.7 Å². The number of carboxylic acids is 1. The molecule has 0 saturated carbocycles. The van der Waals surface area contributed by atoms with E-state index in [-0.39, 0.29) is 6.61 Å². The van der Waals surface area contributed by atoms with E-state index in [1.165, 1.54) is 13.8 Å². The number of carboxylic acid groups (broad SMARTS) is 1. The Morgan fingerprint density at radius 3 is 2.64 bits per heavy atom. The molecule has 2 atom stereocenters. The third kappa shape index (κ3) is 1.59. The molecule has 0 aromatic rings. The van der Waals surface area contributed by atoms with Gasteiger partial charge in [0.15, 0.2) is 0 Å². The quantitative estimate of drug-likeness (QED) is 0.637. The minimum Gasteiger partial charge on any atom is -0.481 e. The maximum absolute atomic E-state index is 11.3. The fraction of sp³-hybridized carbons (Fsp3) is 0.778. The summed E-state index contributed by atoms with van der Waals surface area (Å²) in [5, 5.41) is 18.5. The molecule has 80 valence electrons. The number of aliphatic carboxylic acids is 1. The Hall–Kier alpha value is -1.10. The van der Waals surface area contributed by atoms with Gasteiger partial charge in [-0.25, -0.2) is 0 Å². The maximum Gasteiger partial charge on any atom is 0.314 e. The zero-order chi connectivity index (χ0) is 11.0. The van der Waals surface area contributed by atoms with Crippen LogP contribution in [0.3, 0.4) is 0 Å². The Kier molecular flexibility index (Phi) is 2.54. The molecule has 1 rings (SSSR count). The first-order chi connectivity index (χ1) is 6.29. The molecule has 0 amide bonds. The van der Waals surface area contributed by atoms with Gasteiger partial charge in [-0.15, -0.1) is 0 Å². The second-order valence-corrected chi connectivity index (χ2v) is 4.06. The molecule has 5 nitrogen and oxygen atoms in total. The highest BCUT2D eigenvalue weighted by Crippen LogP contribution is 2.41. The Balaban J connectivity index is 2.89. The fourth-order valence-corrected chi connectivity index (χ4v) is 1.59. The topological polar surface area (TPSA) is 83.8 Å². The molecule has 0 aliphatic carbocycles. The van der Waals surface area contributed by atoms with Crippen LogP contribution in [0.4, 0.5) is 0 Å². The van der Waals surface area contributed by atoms with Crippen molar-refractivity contribution in [2.24, 2.45) is 5.41 Å². The molecule has 2 unspecified atom stereocenters. The average Bonchev–Trinajstić information content (AvgIpc) is 2.31. The van der Waals surface area contributed by atoms with Crippen molar-refractivity contribution < 1.29 is 24.5 Å². The van der Waals surface area contributed by atoms with E-state index in [2.05, 4.69) is 0 Å². The van der Waals surface area contributed by atoms with Crippen LogP contribution >= 0.6 is 0 Å². The summed E-state index contributed by atoms with van der Waals surface area (Å²) in [5.74, 6) is -1.65. The van der Waals surface area contributed by atoms with Gasteiger partial charge < -0.3 is 14.9 Å². The number of aliphatic hydroxyl groups is 1. The molecule has 0 radical (unpaired) electrons. The summed E-state index contributed by atoms with van der Waals surface area (Å²) in [5.41, 5.74) is -2.67. The summed E-state index contributed by atoms with van der Waals surface area (Å²) in [7, 11) is 0. The lowest BCUT2D eigenvalue weighted by Gasteiger charge is -2.35. The summed E-state index contributed by atoms with van der Waals surface area (Å²) in [6.45, 7) is 3.13. The highest BCUT2D eigenvalue weighted by atomic mass is 16.5. The third-order valence-electron chi connectivity index (χ3n) is 2.97. The number of rotatable bonds is 3. The summed E-state index contributed by atoms with van der Waals surface area (Å²) in [6, 6.07) is 0. The van der Waals surface area contributed by atoms with Gasteiger partial charge in [0, 0.05) is 6.42 Å². The largest absolute Gasteiger partial charge is 0.481 e. The van der Waals surface area contributed by atoms with Crippen molar-refractivity contribution in [1.29, 1.82) is 0 Å². The second kappa shape index (κ2) is 3.24. The predicted octanol–water partition coefficient (Wildman–Crippen LogP) is 0.165. The highest BCUT2D eigenvalue weighted by Gasteiger charge is 2.54. The SMILES string of the molecule is CC(O)(CC(=O)O)C1(C)CCOC1=O. The first-order valence-corrected chi connectivity index (χ1v) is 4.41. The molecule has 1 aliphatic rings. The Morgan fingerprint density at radius 1 is 1.71 bits per heavy atom. The summed E-state index contributed by atoms with van der Waals surface area (Å²) in [6.07, 6.45) is -0.106. The summed E-state index contributed by atoms with van der Waals surface area (Å²) < 4.78 is 4.74. The lowest BCUT2D eigenvalue weighted by atomic mass is 9.71. The van der Waals surface area contributed by atoms with Crippen LogP contribution in [-0.2, 0) is 14.3 Å². The van der Waals surface area contributed by atoms with Gasteiger partial charge in [-0.3, -0.25) is 9.59 Å². The van der Waals surface area contributed by atoms with Gasteiger partial charge in [-0.2, -0.15) is 0 Å². The fourth-order valence-electron chi connectivity index (χ4n) is 1.59. The minimum absolute atomic E-state index is 0.241. The molecule has 0 aromatic heterocycles. The van der Waals surface area contributed by atoms with E-state index in [1.807, 2.05) is 0 Å². The lowest BCUT2D eigenvalue weighted by Crippen LogP contribution is -2.48. The Morgan fingerprint density at radius 2 is 2.29 bits per heavy atom. The van der Waals surface area contributed by atoms with E-state index in [0.717, 1.165) is 0 Å². The van der Waals surface area contributed by atoms with E-state index in [1.54, 1.807) is 0 Å². The molecule has 0 spiro atoms. The smallest absolute Gasteiger partial charge is 0.314 e. The van der Waals surface area contributed by atoms with E-state index in [0.29, 0.717) is 6.42 Å². The van der Waals surface area contributed by atoms with Crippen LogP contribution in [-0.4, -0.2) is 34.4 Å². The summed E-state index contributed by atoms with van der Waals surface area (Å²) in [4.78, 5) is 21.9. The molecule has 1 fully saturated rings. The molecule has 1 saturated heterocycles. The molecule has 0 aromatic carbocycles. The van der Waals surface area contributed by atoms with Crippen molar-refractivity contribution in [3.05, 3.63) is 0 Å². The average molecular weight is 202 g/mol. The molecule has 14 heavy (non-hydrogen) atoms. The van der Waals surface area contributed by atoms with Gasteiger partial charge in [0.05, 0.1) is 24.0 Å². The van der Waals surface area contributed by atoms with Crippen molar-refractivity contribution >= 4 is 11.9 Å². The first-order valence-electron chi connectivity index (χ1n) is 4.41. The maximum atomic E-state index is 11.3. The molecule has 0 bridgehead atoms. The van der Waals surface area contributed by atoms with E-state index < -0.39 is 29.4 Å². The van der Waals surface area contributed by atoms with Gasteiger partial charge in [0.1, 0.15) is 0 Å². The van der Waals surface area contributed by atoms with Gasteiger partial charge >= 0.3 is 11.9 Å².